The van der Waals surface area contributed by atoms with Crippen LogP contribution in [0.25, 0.3) is 21.8 Å². The van der Waals surface area contributed by atoms with E-state index in [1.165, 1.54) is 0 Å². The Hall–Kier alpha value is -3.14. The molecular weight excluding hydrogens is 298 g/mol. The summed E-state index contributed by atoms with van der Waals surface area (Å²) < 4.78 is 2.19. The maximum Gasteiger partial charge on any atom is 0.249 e. The standard InChI is InChI=1S/C20H16N3O/c1-13-7-8-15-18(10-13)23(12-14-4-3-9-22-11-14)17-6-2-5-16(19(15)17)20(21)24/h2-7,9-11H,12H2,1H3,(H2,21,24). The lowest BCUT2D eigenvalue weighted by Crippen LogP contribution is -2.11. The fraction of sp³-hybridized carbons (Fsp3) is 0.100. The van der Waals surface area contributed by atoms with Crippen LogP contribution in [-0.2, 0) is 6.54 Å². The van der Waals surface area contributed by atoms with E-state index in [-0.39, 0.29) is 0 Å². The van der Waals surface area contributed by atoms with E-state index in [4.69, 9.17) is 5.73 Å². The summed E-state index contributed by atoms with van der Waals surface area (Å²) >= 11 is 0. The minimum Gasteiger partial charge on any atom is -0.366 e. The Bertz CT molecular complexity index is 1060. The Morgan fingerprint density at radius 1 is 1.25 bits per heavy atom. The van der Waals surface area contributed by atoms with Crippen LogP contribution in [0.5, 0.6) is 0 Å². The molecule has 2 aromatic carbocycles. The van der Waals surface area contributed by atoms with Crippen molar-refractivity contribution >= 4 is 27.7 Å². The minimum atomic E-state index is -0.421. The number of hydrogen-bond donors (Lipinski definition) is 1. The topological polar surface area (TPSA) is 60.9 Å². The largest absolute Gasteiger partial charge is 0.366 e. The molecule has 2 aromatic heterocycles. The summed E-state index contributed by atoms with van der Waals surface area (Å²) in [7, 11) is 0. The summed E-state index contributed by atoms with van der Waals surface area (Å²) in [6.07, 6.45) is 3.62. The van der Waals surface area contributed by atoms with Gasteiger partial charge in [0.1, 0.15) is 0 Å². The fourth-order valence-electron chi connectivity index (χ4n) is 3.21. The Morgan fingerprint density at radius 2 is 2.12 bits per heavy atom. The molecule has 1 amide bonds. The molecule has 117 valence electrons. The molecule has 0 aliphatic heterocycles. The molecular formula is C20H16N3O. The van der Waals surface area contributed by atoms with Crippen LogP contribution in [0, 0.1) is 13.0 Å². The quantitative estimate of drug-likeness (QED) is 0.629. The summed E-state index contributed by atoms with van der Waals surface area (Å²) in [5.41, 5.74) is 10.4. The molecule has 0 saturated carbocycles. The van der Waals surface area contributed by atoms with Gasteiger partial charge in [0.25, 0.3) is 0 Å². The molecule has 0 atom stereocenters. The second kappa shape index (κ2) is 5.49. The number of rotatable bonds is 3. The first kappa shape index (κ1) is 14.5. The van der Waals surface area contributed by atoms with Crippen LogP contribution < -0.4 is 5.73 Å². The molecule has 0 aliphatic carbocycles. The fourth-order valence-corrected chi connectivity index (χ4v) is 3.21. The molecule has 0 fully saturated rings. The van der Waals surface area contributed by atoms with E-state index in [1.807, 2.05) is 43.5 Å². The predicted molar refractivity (Wildman–Crippen MR) is 94.9 cm³/mol. The van der Waals surface area contributed by atoms with Gasteiger partial charge in [-0.3, -0.25) is 9.78 Å². The number of amides is 1. The van der Waals surface area contributed by atoms with Crippen molar-refractivity contribution in [1.82, 2.24) is 9.55 Å². The van der Waals surface area contributed by atoms with Gasteiger partial charge in [0.2, 0.25) is 5.91 Å². The number of aromatic nitrogens is 2. The van der Waals surface area contributed by atoms with Gasteiger partial charge < -0.3 is 10.3 Å². The average Bonchev–Trinajstić information content (AvgIpc) is 2.89. The number of carbonyl (C=O) groups excluding carboxylic acids is 1. The normalized spacial score (nSPS) is 11.2. The van der Waals surface area contributed by atoms with Crippen LogP contribution in [-0.4, -0.2) is 15.5 Å². The highest BCUT2D eigenvalue weighted by atomic mass is 16.1. The molecule has 1 radical (unpaired) electrons. The molecule has 0 saturated heterocycles. The predicted octanol–water partition coefficient (Wildman–Crippen LogP) is 3.45. The minimum absolute atomic E-state index is 0.421. The molecule has 4 aromatic rings. The van der Waals surface area contributed by atoms with Crippen LogP contribution in [0.1, 0.15) is 21.5 Å². The third kappa shape index (κ3) is 2.24. The van der Waals surface area contributed by atoms with Crippen molar-refractivity contribution in [2.75, 3.05) is 0 Å². The van der Waals surface area contributed by atoms with Gasteiger partial charge in [-0.1, -0.05) is 18.2 Å². The molecule has 2 N–H and O–H groups in total. The van der Waals surface area contributed by atoms with E-state index in [9.17, 15) is 4.79 Å². The van der Waals surface area contributed by atoms with Gasteiger partial charge in [-0.25, -0.2) is 0 Å². The summed E-state index contributed by atoms with van der Waals surface area (Å²) in [5.74, 6) is -0.421. The lowest BCUT2D eigenvalue weighted by molar-refractivity contribution is 0.100. The molecule has 2 heterocycles. The van der Waals surface area contributed by atoms with Crippen LogP contribution >= 0.6 is 0 Å². The number of carbonyl (C=O) groups is 1. The van der Waals surface area contributed by atoms with Gasteiger partial charge in [0.15, 0.2) is 0 Å². The second-order valence-corrected chi connectivity index (χ2v) is 5.95. The summed E-state index contributed by atoms with van der Waals surface area (Å²) in [6, 6.07) is 17.0. The van der Waals surface area contributed by atoms with E-state index in [0.29, 0.717) is 12.1 Å². The van der Waals surface area contributed by atoms with E-state index < -0.39 is 5.91 Å². The van der Waals surface area contributed by atoms with Crippen LogP contribution in [0.2, 0.25) is 0 Å². The molecule has 4 nitrogen and oxygen atoms in total. The number of nitrogens with zero attached hydrogens (tertiary/aromatic N) is 2. The third-order valence-corrected chi connectivity index (χ3v) is 4.27. The number of nitrogens with two attached hydrogens (primary N) is 1. The lowest BCUT2D eigenvalue weighted by atomic mass is 10.1. The van der Waals surface area contributed by atoms with Crippen molar-refractivity contribution in [2.24, 2.45) is 5.73 Å². The van der Waals surface area contributed by atoms with E-state index in [2.05, 4.69) is 21.7 Å². The second-order valence-electron chi connectivity index (χ2n) is 5.95. The zero-order valence-corrected chi connectivity index (χ0v) is 13.3. The van der Waals surface area contributed by atoms with Crippen LogP contribution in [0.4, 0.5) is 0 Å². The molecule has 0 unspecified atom stereocenters. The lowest BCUT2D eigenvalue weighted by Gasteiger charge is -2.08. The Morgan fingerprint density at radius 3 is 2.88 bits per heavy atom. The first-order valence-corrected chi connectivity index (χ1v) is 7.77. The highest BCUT2D eigenvalue weighted by Crippen LogP contribution is 2.32. The van der Waals surface area contributed by atoms with Gasteiger partial charge >= 0.3 is 0 Å². The van der Waals surface area contributed by atoms with Crippen molar-refractivity contribution in [3.05, 3.63) is 77.6 Å². The Kier molecular flexibility index (Phi) is 3.31. The zero-order valence-electron chi connectivity index (χ0n) is 13.3. The van der Waals surface area contributed by atoms with Crippen molar-refractivity contribution in [3.63, 3.8) is 0 Å². The molecule has 24 heavy (non-hydrogen) atoms. The Labute approximate surface area is 139 Å². The van der Waals surface area contributed by atoms with E-state index in [0.717, 1.165) is 32.9 Å². The van der Waals surface area contributed by atoms with Gasteiger partial charge in [-0.15, -0.1) is 0 Å². The highest BCUT2D eigenvalue weighted by Gasteiger charge is 2.16. The smallest absolute Gasteiger partial charge is 0.249 e. The molecule has 0 spiro atoms. The maximum atomic E-state index is 11.9. The number of benzene rings is 2. The van der Waals surface area contributed by atoms with E-state index >= 15 is 0 Å². The number of primary amides is 1. The number of fused-ring (bicyclic) bond motifs is 3. The van der Waals surface area contributed by atoms with Crippen molar-refractivity contribution < 1.29 is 4.79 Å². The van der Waals surface area contributed by atoms with Gasteiger partial charge in [-0.2, -0.15) is 0 Å². The summed E-state index contributed by atoms with van der Waals surface area (Å²) in [6.45, 7) is 2.71. The third-order valence-electron chi connectivity index (χ3n) is 4.27. The Balaban J connectivity index is 2.08. The molecule has 4 heteroatoms. The van der Waals surface area contributed by atoms with Crippen LogP contribution in [0.15, 0.2) is 54.9 Å². The number of pyridine rings is 1. The van der Waals surface area contributed by atoms with E-state index in [1.54, 1.807) is 12.3 Å². The van der Waals surface area contributed by atoms with Gasteiger partial charge in [0.05, 0.1) is 11.0 Å². The van der Waals surface area contributed by atoms with Crippen molar-refractivity contribution in [2.45, 2.75) is 13.5 Å². The van der Waals surface area contributed by atoms with Crippen molar-refractivity contribution in [3.8, 4) is 0 Å². The maximum absolute atomic E-state index is 11.9. The van der Waals surface area contributed by atoms with Crippen LogP contribution in [0.3, 0.4) is 0 Å². The molecule has 4 rings (SSSR count). The molecule has 0 bridgehead atoms. The highest BCUT2D eigenvalue weighted by molar-refractivity contribution is 6.17. The zero-order chi connectivity index (χ0) is 16.7. The summed E-state index contributed by atoms with van der Waals surface area (Å²) in [4.78, 5) is 16.1. The van der Waals surface area contributed by atoms with Crippen molar-refractivity contribution in [1.29, 1.82) is 0 Å². The average molecular weight is 314 g/mol. The summed E-state index contributed by atoms with van der Waals surface area (Å²) in [5, 5.41) is 1.79. The monoisotopic (exact) mass is 314 g/mol. The first-order chi connectivity index (χ1) is 11.6. The SMILES string of the molecule is Cc1c[c]c2c3c(C(N)=O)cccc3n(Cc3cccnc3)c2c1. The number of aryl methyl sites for hydroxylation is 1. The van der Waals surface area contributed by atoms with Gasteiger partial charge in [0, 0.05) is 35.3 Å². The molecule has 0 aliphatic rings. The number of hydrogen-bond acceptors (Lipinski definition) is 2. The van der Waals surface area contributed by atoms with Gasteiger partial charge in [-0.05, 0) is 48.4 Å². The first-order valence-electron chi connectivity index (χ1n) is 7.77.